The molecule has 0 spiro atoms. The van der Waals surface area contributed by atoms with Crippen LogP contribution in [0.3, 0.4) is 0 Å². The van der Waals surface area contributed by atoms with Crippen molar-refractivity contribution in [1.29, 1.82) is 0 Å². The quantitative estimate of drug-likeness (QED) is 0.802. The van der Waals surface area contributed by atoms with Crippen LogP contribution in [0.1, 0.15) is 52.9 Å². The van der Waals surface area contributed by atoms with Gasteiger partial charge in [0.1, 0.15) is 11.6 Å². The van der Waals surface area contributed by atoms with Crippen LogP contribution >= 0.6 is 0 Å². The molecule has 1 heterocycles. The van der Waals surface area contributed by atoms with Gasteiger partial charge < -0.3 is 10.2 Å². The number of carbonyl (C=O) groups excluding carboxylic acids is 1. The fraction of sp³-hybridized carbons (Fsp3) is 0.667. The van der Waals surface area contributed by atoms with E-state index in [1.165, 1.54) is 6.42 Å². The third-order valence-corrected chi connectivity index (χ3v) is 9.68. The van der Waals surface area contributed by atoms with Gasteiger partial charge in [-0.3, -0.25) is 4.90 Å². The number of anilines is 1. The highest BCUT2D eigenvalue weighted by Crippen LogP contribution is 2.37. The zero-order valence-corrected chi connectivity index (χ0v) is 16.6. The Kier molecular flexibility index (Phi) is 5.58. The van der Waals surface area contributed by atoms with Crippen LogP contribution in [0, 0.1) is 0 Å². The van der Waals surface area contributed by atoms with Crippen molar-refractivity contribution < 1.29 is 9.22 Å². The number of aromatic nitrogens is 1. The van der Waals surface area contributed by atoms with Gasteiger partial charge >= 0.3 is 6.03 Å². The second kappa shape index (κ2) is 7.13. The maximum Gasteiger partial charge on any atom is 0.320 e. The van der Waals surface area contributed by atoms with E-state index in [1.54, 1.807) is 11.1 Å². The third-order valence-electron chi connectivity index (χ3n) is 5.32. The molecule has 0 bridgehead atoms. The van der Waals surface area contributed by atoms with Gasteiger partial charge in [0.25, 0.3) is 8.32 Å². The first-order chi connectivity index (χ1) is 11.1. The van der Waals surface area contributed by atoms with E-state index in [1.807, 2.05) is 12.1 Å². The lowest BCUT2D eigenvalue weighted by Crippen LogP contribution is -2.45. The number of amides is 2. The maximum absolute atomic E-state index is 11.9. The molecule has 134 valence electrons. The highest BCUT2D eigenvalue weighted by atomic mass is 28.4. The van der Waals surface area contributed by atoms with Crippen molar-refractivity contribution in [2.45, 2.75) is 77.0 Å². The molecular formula is C18H31N3O2Si. The molecule has 0 aromatic carbocycles. The van der Waals surface area contributed by atoms with Gasteiger partial charge in [-0.2, -0.15) is 0 Å². The van der Waals surface area contributed by atoms with Gasteiger partial charge in [0.05, 0.1) is 6.20 Å². The lowest BCUT2D eigenvalue weighted by molar-refractivity contribution is 0.249. The van der Waals surface area contributed by atoms with Gasteiger partial charge in [-0.1, -0.05) is 40.0 Å². The van der Waals surface area contributed by atoms with Gasteiger partial charge in [-0.15, -0.1) is 0 Å². The molecule has 0 unspecified atom stereocenters. The number of rotatable bonds is 4. The van der Waals surface area contributed by atoms with Crippen molar-refractivity contribution in [3.8, 4) is 5.75 Å². The second-order valence-electron chi connectivity index (χ2n) is 8.21. The first-order valence-corrected chi connectivity index (χ1v) is 11.8. The van der Waals surface area contributed by atoms with Crippen LogP contribution in [-0.4, -0.2) is 25.4 Å². The first kappa shape index (κ1) is 18.8. The number of urea groups is 1. The average Bonchev–Trinajstić information content (AvgIpc) is 2.48. The molecule has 1 aliphatic rings. The van der Waals surface area contributed by atoms with Crippen molar-refractivity contribution in [2.24, 2.45) is 5.73 Å². The molecule has 0 aliphatic heterocycles. The van der Waals surface area contributed by atoms with Gasteiger partial charge in [0.2, 0.25) is 0 Å². The van der Waals surface area contributed by atoms with E-state index in [0.717, 1.165) is 31.4 Å². The summed E-state index contributed by atoms with van der Waals surface area (Å²) in [5.41, 5.74) is 5.62. The summed E-state index contributed by atoms with van der Waals surface area (Å²) in [6.07, 6.45) is 7.21. The zero-order valence-electron chi connectivity index (χ0n) is 15.6. The zero-order chi connectivity index (χ0) is 18.0. The molecule has 24 heavy (non-hydrogen) atoms. The normalized spacial score (nSPS) is 16.7. The lowest BCUT2D eigenvalue weighted by atomic mass is 9.94. The summed E-state index contributed by atoms with van der Waals surface area (Å²) in [5, 5.41) is 0.132. The minimum Gasteiger partial charge on any atom is -0.542 e. The Bertz CT molecular complexity index is 561. The largest absolute Gasteiger partial charge is 0.542 e. The Hall–Kier alpha value is -1.56. The van der Waals surface area contributed by atoms with E-state index in [-0.39, 0.29) is 11.1 Å². The Morgan fingerprint density at radius 3 is 2.33 bits per heavy atom. The number of nitrogens with zero attached hydrogens (tertiary/aromatic N) is 2. The van der Waals surface area contributed by atoms with Gasteiger partial charge in [-0.25, -0.2) is 9.78 Å². The van der Waals surface area contributed by atoms with Crippen LogP contribution in [0.4, 0.5) is 10.6 Å². The molecule has 0 saturated heterocycles. The minimum atomic E-state index is -1.89. The van der Waals surface area contributed by atoms with Gasteiger partial charge in [0.15, 0.2) is 0 Å². The lowest BCUT2D eigenvalue weighted by Gasteiger charge is -2.36. The van der Waals surface area contributed by atoms with Crippen molar-refractivity contribution in [1.82, 2.24) is 4.98 Å². The summed E-state index contributed by atoms with van der Waals surface area (Å²) in [6.45, 7) is 11.0. The summed E-state index contributed by atoms with van der Waals surface area (Å²) in [7, 11) is -1.89. The van der Waals surface area contributed by atoms with Crippen molar-refractivity contribution in [3.63, 3.8) is 0 Å². The van der Waals surface area contributed by atoms with Crippen LogP contribution in [0.2, 0.25) is 18.1 Å². The number of nitrogens with two attached hydrogens (primary N) is 1. The summed E-state index contributed by atoms with van der Waals surface area (Å²) in [4.78, 5) is 18.0. The molecule has 1 aliphatic carbocycles. The second-order valence-corrected chi connectivity index (χ2v) is 12.9. The number of hydrogen-bond donors (Lipinski definition) is 1. The summed E-state index contributed by atoms with van der Waals surface area (Å²) in [5.74, 6) is 1.38. The molecule has 1 aromatic rings. The number of primary amides is 1. The van der Waals surface area contributed by atoms with Crippen molar-refractivity contribution in [2.75, 3.05) is 4.90 Å². The molecule has 0 radical (unpaired) electrons. The van der Waals surface area contributed by atoms with Gasteiger partial charge in [0, 0.05) is 6.04 Å². The first-order valence-electron chi connectivity index (χ1n) is 8.85. The topological polar surface area (TPSA) is 68.5 Å². The number of pyridine rings is 1. The van der Waals surface area contributed by atoms with E-state index in [2.05, 4.69) is 38.8 Å². The predicted octanol–water partition coefficient (Wildman–Crippen LogP) is 4.68. The van der Waals surface area contributed by atoms with E-state index >= 15 is 0 Å². The van der Waals surface area contributed by atoms with Crippen LogP contribution in [0.5, 0.6) is 5.75 Å². The Labute approximate surface area is 146 Å². The molecule has 2 amide bonds. The van der Waals surface area contributed by atoms with Crippen molar-refractivity contribution >= 4 is 20.2 Å². The molecule has 1 saturated carbocycles. The Balaban J connectivity index is 2.16. The van der Waals surface area contributed by atoms with Crippen LogP contribution in [-0.2, 0) is 0 Å². The van der Waals surface area contributed by atoms with Crippen LogP contribution < -0.4 is 15.1 Å². The smallest absolute Gasteiger partial charge is 0.320 e. The van der Waals surface area contributed by atoms with Gasteiger partial charge in [-0.05, 0) is 43.1 Å². The maximum atomic E-state index is 11.9. The summed E-state index contributed by atoms with van der Waals surface area (Å²) >= 11 is 0. The van der Waals surface area contributed by atoms with E-state index < -0.39 is 14.3 Å². The van der Waals surface area contributed by atoms with E-state index in [9.17, 15) is 4.79 Å². The molecule has 1 aromatic heterocycles. The Morgan fingerprint density at radius 2 is 1.88 bits per heavy atom. The van der Waals surface area contributed by atoms with Crippen LogP contribution in [0.15, 0.2) is 18.3 Å². The summed E-state index contributed by atoms with van der Waals surface area (Å²) < 4.78 is 6.25. The molecular weight excluding hydrogens is 318 g/mol. The molecule has 2 rings (SSSR count). The molecule has 0 atom stereocenters. The standard InChI is InChI=1S/C18H31N3O2Si/c1-18(2,3)24(4,5)23-15-11-12-16(20-13-15)21(17(19)22)14-9-7-6-8-10-14/h11-14H,6-10H2,1-5H3,(H2,19,22). The van der Waals surface area contributed by atoms with E-state index in [4.69, 9.17) is 10.2 Å². The highest BCUT2D eigenvalue weighted by molar-refractivity contribution is 6.74. The number of hydrogen-bond acceptors (Lipinski definition) is 3. The third kappa shape index (κ3) is 4.29. The average molecular weight is 350 g/mol. The molecule has 6 heteroatoms. The van der Waals surface area contributed by atoms with Crippen LogP contribution in [0.25, 0.3) is 0 Å². The molecule has 2 N–H and O–H groups in total. The Morgan fingerprint density at radius 1 is 1.25 bits per heavy atom. The highest BCUT2D eigenvalue weighted by Gasteiger charge is 2.39. The van der Waals surface area contributed by atoms with E-state index in [0.29, 0.717) is 5.82 Å². The monoisotopic (exact) mass is 349 g/mol. The molecule has 5 nitrogen and oxygen atoms in total. The van der Waals surface area contributed by atoms with Crippen molar-refractivity contribution in [3.05, 3.63) is 18.3 Å². The fourth-order valence-corrected chi connectivity index (χ4v) is 3.86. The molecule has 1 fully saturated rings. The fourth-order valence-electron chi connectivity index (χ4n) is 2.84. The summed E-state index contributed by atoms with van der Waals surface area (Å²) in [6, 6.07) is 3.49. The predicted molar refractivity (Wildman–Crippen MR) is 101 cm³/mol. The SMILES string of the molecule is CC(C)(C)[Si](C)(C)Oc1ccc(N(C(N)=O)C2CCCCC2)nc1. The minimum absolute atomic E-state index is 0.132. The number of carbonyl (C=O) groups is 1.